The first-order valence-electron chi connectivity index (χ1n) is 5.65. The van der Waals surface area contributed by atoms with Crippen LogP contribution in [0.1, 0.15) is 10.4 Å². The summed E-state index contributed by atoms with van der Waals surface area (Å²) in [5.41, 5.74) is 6.93. The normalized spacial score (nSPS) is 10.2. The maximum Gasteiger partial charge on any atom is 0.261 e. The second-order valence-corrected chi connectivity index (χ2v) is 4.12. The van der Waals surface area contributed by atoms with Gasteiger partial charge >= 0.3 is 0 Å². The van der Waals surface area contributed by atoms with Crippen molar-refractivity contribution in [1.82, 2.24) is 0 Å². The minimum absolute atomic E-state index is 0.101. The number of benzene rings is 2. The van der Waals surface area contributed by atoms with Crippen molar-refractivity contribution < 1.29 is 15.0 Å². The number of anilines is 2. The highest BCUT2D eigenvalue weighted by molar-refractivity contribution is 6.08. The van der Waals surface area contributed by atoms with E-state index in [9.17, 15) is 15.0 Å². The van der Waals surface area contributed by atoms with Crippen LogP contribution in [-0.2, 0) is 0 Å². The third-order valence-corrected chi connectivity index (χ3v) is 2.81. The number of amides is 1. The molecule has 0 aromatic heterocycles. The summed E-state index contributed by atoms with van der Waals surface area (Å²) in [6.07, 6.45) is 0. The minimum Gasteiger partial charge on any atom is -0.508 e. The predicted molar refractivity (Wildman–Crippen MR) is 73.4 cm³/mol. The molecule has 0 heterocycles. The molecule has 2 rings (SSSR count). The number of nitrogen functional groups attached to an aromatic ring is 1. The van der Waals surface area contributed by atoms with Gasteiger partial charge in [0.2, 0.25) is 0 Å². The van der Waals surface area contributed by atoms with E-state index in [1.807, 2.05) is 0 Å². The minimum atomic E-state index is -0.407. The Bertz CT molecular complexity index is 626. The van der Waals surface area contributed by atoms with Gasteiger partial charge in [0.05, 0.1) is 16.9 Å². The lowest BCUT2D eigenvalue weighted by molar-refractivity contribution is 0.0990. The Kier molecular flexibility index (Phi) is 3.29. The Hall–Kier alpha value is -2.69. The molecule has 5 nitrogen and oxygen atoms in total. The lowest BCUT2D eigenvalue weighted by Gasteiger charge is -2.19. The van der Waals surface area contributed by atoms with Crippen LogP contribution in [0.25, 0.3) is 0 Å². The Morgan fingerprint density at radius 3 is 2.47 bits per heavy atom. The van der Waals surface area contributed by atoms with Crippen LogP contribution in [0.4, 0.5) is 11.4 Å². The zero-order chi connectivity index (χ0) is 14.0. The molecular formula is C14H14N2O3. The van der Waals surface area contributed by atoms with E-state index >= 15 is 0 Å². The summed E-state index contributed by atoms with van der Waals surface area (Å²) < 4.78 is 0. The van der Waals surface area contributed by atoms with Gasteiger partial charge in [-0.05, 0) is 24.3 Å². The number of aromatic hydroxyl groups is 2. The highest BCUT2D eigenvalue weighted by Gasteiger charge is 2.18. The van der Waals surface area contributed by atoms with Crippen molar-refractivity contribution >= 4 is 17.3 Å². The second kappa shape index (κ2) is 4.89. The van der Waals surface area contributed by atoms with E-state index in [1.165, 1.54) is 17.0 Å². The van der Waals surface area contributed by atoms with Crippen LogP contribution in [0, 0.1) is 0 Å². The number of phenols is 2. The number of carbonyl (C=O) groups is 1. The summed E-state index contributed by atoms with van der Waals surface area (Å²) in [5.74, 6) is -0.780. The molecule has 98 valence electrons. The molecule has 0 bridgehead atoms. The Labute approximate surface area is 110 Å². The van der Waals surface area contributed by atoms with Crippen molar-refractivity contribution in [3.05, 3.63) is 48.0 Å². The second-order valence-electron chi connectivity index (χ2n) is 4.12. The fourth-order valence-corrected chi connectivity index (χ4v) is 1.78. The van der Waals surface area contributed by atoms with E-state index in [1.54, 1.807) is 31.3 Å². The Balaban J connectivity index is 2.37. The monoisotopic (exact) mass is 258 g/mol. The molecule has 0 radical (unpaired) electrons. The summed E-state index contributed by atoms with van der Waals surface area (Å²) in [4.78, 5) is 13.6. The Morgan fingerprint density at radius 1 is 1.16 bits per heavy atom. The molecule has 1 amide bonds. The lowest BCUT2D eigenvalue weighted by atomic mass is 10.1. The number of para-hydroxylation sites is 2. The van der Waals surface area contributed by atoms with Crippen LogP contribution < -0.4 is 10.6 Å². The van der Waals surface area contributed by atoms with Crippen LogP contribution in [0.5, 0.6) is 11.5 Å². The summed E-state index contributed by atoms with van der Waals surface area (Å²) >= 11 is 0. The molecule has 2 aromatic rings. The molecule has 0 aliphatic rings. The van der Waals surface area contributed by atoms with Crippen LogP contribution in [0.2, 0.25) is 0 Å². The number of phenolic OH excluding ortho intramolecular Hbond substituents is 2. The average molecular weight is 258 g/mol. The fraction of sp³-hybridized carbons (Fsp3) is 0.0714. The summed E-state index contributed by atoms with van der Waals surface area (Å²) in [7, 11) is 1.57. The van der Waals surface area contributed by atoms with Crippen LogP contribution >= 0.6 is 0 Å². The quantitative estimate of drug-likeness (QED) is 0.718. The molecule has 0 fully saturated rings. The largest absolute Gasteiger partial charge is 0.508 e. The molecule has 0 saturated carbocycles. The first-order chi connectivity index (χ1) is 9.00. The molecule has 19 heavy (non-hydrogen) atoms. The van der Waals surface area contributed by atoms with Crippen molar-refractivity contribution in [2.45, 2.75) is 0 Å². The summed E-state index contributed by atoms with van der Waals surface area (Å²) in [6.45, 7) is 0. The maximum atomic E-state index is 12.3. The number of hydrogen-bond acceptors (Lipinski definition) is 4. The van der Waals surface area contributed by atoms with E-state index < -0.39 is 5.91 Å². The lowest BCUT2D eigenvalue weighted by Crippen LogP contribution is -2.27. The summed E-state index contributed by atoms with van der Waals surface area (Å²) in [6, 6.07) is 10.8. The molecular weight excluding hydrogens is 244 g/mol. The Morgan fingerprint density at radius 2 is 1.84 bits per heavy atom. The van der Waals surface area contributed by atoms with Crippen molar-refractivity contribution in [3.63, 3.8) is 0 Å². The molecule has 0 unspecified atom stereocenters. The van der Waals surface area contributed by atoms with Crippen LogP contribution in [0.15, 0.2) is 42.5 Å². The first kappa shape index (κ1) is 12.8. The average Bonchev–Trinajstić information content (AvgIpc) is 2.38. The highest BCUT2D eigenvalue weighted by atomic mass is 16.3. The zero-order valence-corrected chi connectivity index (χ0v) is 10.4. The van der Waals surface area contributed by atoms with Crippen molar-refractivity contribution in [2.24, 2.45) is 0 Å². The molecule has 0 saturated heterocycles. The number of carbonyl (C=O) groups excluding carboxylic acids is 1. The van der Waals surface area contributed by atoms with Gasteiger partial charge in [0.1, 0.15) is 11.5 Å². The van der Waals surface area contributed by atoms with Gasteiger partial charge in [-0.1, -0.05) is 12.1 Å². The van der Waals surface area contributed by atoms with Crippen LogP contribution in [-0.4, -0.2) is 23.2 Å². The van der Waals surface area contributed by atoms with Gasteiger partial charge in [0.25, 0.3) is 5.91 Å². The molecule has 0 aliphatic carbocycles. The third-order valence-electron chi connectivity index (χ3n) is 2.81. The zero-order valence-electron chi connectivity index (χ0n) is 10.4. The van der Waals surface area contributed by atoms with Gasteiger partial charge in [0.15, 0.2) is 0 Å². The molecule has 0 atom stereocenters. The topological polar surface area (TPSA) is 86.8 Å². The predicted octanol–water partition coefficient (Wildman–Crippen LogP) is 1.96. The van der Waals surface area contributed by atoms with Gasteiger partial charge in [0, 0.05) is 13.1 Å². The van der Waals surface area contributed by atoms with Crippen LogP contribution in [0.3, 0.4) is 0 Å². The first-order valence-corrected chi connectivity index (χ1v) is 5.65. The molecule has 4 N–H and O–H groups in total. The number of nitrogens with zero attached hydrogens (tertiary/aromatic N) is 1. The van der Waals surface area contributed by atoms with E-state index in [2.05, 4.69) is 0 Å². The SMILES string of the molecule is CN(C(=O)c1ccc(O)cc1O)c1ccccc1N. The third kappa shape index (κ3) is 2.44. The molecule has 0 spiro atoms. The fourth-order valence-electron chi connectivity index (χ4n) is 1.78. The van der Waals surface area contributed by atoms with Gasteiger partial charge in [-0.3, -0.25) is 4.79 Å². The molecule has 0 aliphatic heterocycles. The van der Waals surface area contributed by atoms with Gasteiger partial charge in [-0.15, -0.1) is 0 Å². The number of hydrogen-bond donors (Lipinski definition) is 3. The molecule has 2 aromatic carbocycles. The standard InChI is InChI=1S/C14H14N2O3/c1-16(12-5-3-2-4-11(12)15)14(19)10-7-6-9(17)8-13(10)18/h2-8,17-18H,15H2,1H3. The van der Waals surface area contributed by atoms with E-state index in [-0.39, 0.29) is 17.1 Å². The van der Waals surface area contributed by atoms with Gasteiger partial charge < -0.3 is 20.8 Å². The number of nitrogens with two attached hydrogens (primary N) is 1. The van der Waals surface area contributed by atoms with E-state index in [0.717, 1.165) is 6.07 Å². The maximum absolute atomic E-state index is 12.3. The summed E-state index contributed by atoms with van der Waals surface area (Å²) in [5, 5.41) is 18.9. The smallest absolute Gasteiger partial charge is 0.261 e. The van der Waals surface area contributed by atoms with Crippen molar-refractivity contribution in [2.75, 3.05) is 17.7 Å². The van der Waals surface area contributed by atoms with Gasteiger partial charge in [-0.2, -0.15) is 0 Å². The molecule has 5 heteroatoms. The van der Waals surface area contributed by atoms with Gasteiger partial charge in [-0.25, -0.2) is 0 Å². The van der Waals surface area contributed by atoms with E-state index in [0.29, 0.717) is 11.4 Å². The van der Waals surface area contributed by atoms with E-state index in [4.69, 9.17) is 5.73 Å². The number of rotatable bonds is 2. The van der Waals surface area contributed by atoms with Crippen molar-refractivity contribution in [3.8, 4) is 11.5 Å². The van der Waals surface area contributed by atoms with Crippen molar-refractivity contribution in [1.29, 1.82) is 0 Å². The highest BCUT2D eigenvalue weighted by Crippen LogP contribution is 2.27.